The Kier molecular flexibility index (Phi) is 3.84. The van der Waals surface area contributed by atoms with Gasteiger partial charge >= 0.3 is 0 Å². The number of aromatic hydroxyl groups is 2. The zero-order valence-electron chi connectivity index (χ0n) is 10.1. The second-order valence-electron chi connectivity index (χ2n) is 4.79. The van der Waals surface area contributed by atoms with Crippen LogP contribution in [-0.4, -0.2) is 27.3 Å². The molecule has 17 heavy (non-hydrogen) atoms. The fraction of sp³-hybridized carbons (Fsp3) is 0.538. The smallest absolute Gasteiger partial charge is 0.161 e. The molecular weight excluding hydrogens is 234 g/mol. The largest absolute Gasteiger partial charge is 0.504 e. The Morgan fingerprint density at radius 2 is 2.24 bits per heavy atom. The van der Waals surface area contributed by atoms with Crippen LogP contribution in [-0.2, 0) is 6.54 Å². The molecule has 1 unspecified atom stereocenters. The van der Waals surface area contributed by atoms with E-state index in [1.165, 1.54) is 24.7 Å². The van der Waals surface area contributed by atoms with Crippen molar-refractivity contribution in [3.8, 4) is 11.5 Å². The predicted molar refractivity (Wildman–Crippen MR) is 71.6 cm³/mol. The Morgan fingerprint density at radius 1 is 1.41 bits per heavy atom. The van der Waals surface area contributed by atoms with Crippen molar-refractivity contribution >= 4 is 11.8 Å². The maximum atomic E-state index is 9.66. The molecule has 0 bridgehead atoms. The highest BCUT2D eigenvalue weighted by atomic mass is 32.2. The number of benzene rings is 1. The molecule has 1 aliphatic heterocycles. The summed E-state index contributed by atoms with van der Waals surface area (Å²) in [5.74, 6) is 1.19. The lowest BCUT2D eigenvalue weighted by atomic mass is 10.1. The summed E-state index contributed by atoms with van der Waals surface area (Å²) in [5, 5.41) is 22.4. The van der Waals surface area contributed by atoms with Gasteiger partial charge in [0.05, 0.1) is 0 Å². The van der Waals surface area contributed by atoms with Crippen molar-refractivity contribution in [1.29, 1.82) is 0 Å². The lowest BCUT2D eigenvalue weighted by Crippen LogP contribution is -2.32. The number of hydrogen-bond donors (Lipinski definition) is 3. The first-order valence-electron chi connectivity index (χ1n) is 5.95. The maximum absolute atomic E-state index is 9.66. The molecule has 0 amide bonds. The summed E-state index contributed by atoms with van der Waals surface area (Å²) in [6.07, 6.45) is 2.54. The Bertz CT molecular complexity index is 389. The number of para-hydroxylation sites is 1. The van der Waals surface area contributed by atoms with Crippen LogP contribution < -0.4 is 5.32 Å². The molecule has 2 rings (SSSR count). The van der Waals surface area contributed by atoms with Crippen LogP contribution >= 0.6 is 11.8 Å². The van der Waals surface area contributed by atoms with Crippen LogP contribution in [0, 0.1) is 0 Å². The molecule has 0 aromatic heterocycles. The van der Waals surface area contributed by atoms with E-state index in [0.717, 1.165) is 12.1 Å². The highest BCUT2D eigenvalue weighted by Gasteiger charge is 2.28. The third-order valence-electron chi connectivity index (χ3n) is 3.21. The summed E-state index contributed by atoms with van der Waals surface area (Å²) in [6, 6.07) is 5.07. The van der Waals surface area contributed by atoms with E-state index in [0.29, 0.717) is 11.3 Å². The van der Waals surface area contributed by atoms with Gasteiger partial charge in [-0.15, -0.1) is 0 Å². The van der Waals surface area contributed by atoms with Crippen LogP contribution in [0.25, 0.3) is 0 Å². The third kappa shape index (κ3) is 3.07. The van der Waals surface area contributed by atoms with Crippen molar-refractivity contribution in [2.45, 2.75) is 31.1 Å². The molecule has 1 aromatic carbocycles. The molecular formula is C13H19NO2S. The van der Waals surface area contributed by atoms with Crippen molar-refractivity contribution in [2.24, 2.45) is 0 Å². The van der Waals surface area contributed by atoms with E-state index in [1.54, 1.807) is 6.07 Å². The predicted octanol–water partition coefficient (Wildman–Crippen LogP) is 2.47. The molecule has 0 radical (unpaired) electrons. The zero-order valence-corrected chi connectivity index (χ0v) is 10.9. The first-order valence-corrected chi connectivity index (χ1v) is 6.94. The topological polar surface area (TPSA) is 52.5 Å². The van der Waals surface area contributed by atoms with Gasteiger partial charge in [-0.2, -0.15) is 11.8 Å². The Morgan fingerprint density at radius 3 is 2.94 bits per heavy atom. The van der Waals surface area contributed by atoms with Crippen LogP contribution in [0.1, 0.15) is 25.3 Å². The van der Waals surface area contributed by atoms with Gasteiger partial charge in [0.15, 0.2) is 11.5 Å². The lowest BCUT2D eigenvalue weighted by Gasteiger charge is -2.23. The molecule has 94 valence electrons. The van der Waals surface area contributed by atoms with Gasteiger partial charge in [-0.3, -0.25) is 0 Å². The van der Waals surface area contributed by atoms with Crippen molar-refractivity contribution in [1.82, 2.24) is 5.32 Å². The molecule has 1 aliphatic rings. The molecule has 1 fully saturated rings. The summed E-state index contributed by atoms with van der Waals surface area (Å²) in [7, 11) is 0. The van der Waals surface area contributed by atoms with Crippen molar-refractivity contribution in [3.05, 3.63) is 23.8 Å². The van der Waals surface area contributed by atoms with Crippen molar-refractivity contribution < 1.29 is 10.2 Å². The van der Waals surface area contributed by atoms with E-state index in [9.17, 15) is 10.2 Å². The monoisotopic (exact) mass is 253 g/mol. The summed E-state index contributed by atoms with van der Waals surface area (Å²) < 4.78 is 0.326. The number of phenolic OH excluding ortho intramolecular Hbond substituents is 2. The van der Waals surface area contributed by atoms with E-state index in [1.807, 2.05) is 17.8 Å². The fourth-order valence-electron chi connectivity index (χ4n) is 2.16. The van der Waals surface area contributed by atoms with Gasteiger partial charge in [0.25, 0.3) is 0 Å². The van der Waals surface area contributed by atoms with Crippen LogP contribution in [0.4, 0.5) is 0 Å². The normalized spacial score (nSPS) is 24.1. The SMILES string of the molecule is CC1(CNCc2cccc(O)c2O)CCCS1. The van der Waals surface area contributed by atoms with Crippen LogP contribution in [0.15, 0.2) is 18.2 Å². The minimum Gasteiger partial charge on any atom is -0.504 e. The molecule has 0 spiro atoms. The van der Waals surface area contributed by atoms with Gasteiger partial charge in [0.1, 0.15) is 0 Å². The molecule has 4 heteroatoms. The standard InChI is InChI=1S/C13H19NO2S/c1-13(6-3-7-17-13)9-14-8-10-4-2-5-11(15)12(10)16/h2,4-5,14-16H,3,6-9H2,1H3. The van der Waals surface area contributed by atoms with Gasteiger partial charge in [-0.25, -0.2) is 0 Å². The minimum atomic E-state index is -0.0502. The van der Waals surface area contributed by atoms with Crippen molar-refractivity contribution in [3.63, 3.8) is 0 Å². The molecule has 1 saturated heterocycles. The Labute approximate surface area is 106 Å². The average Bonchev–Trinajstić information content (AvgIpc) is 2.72. The molecule has 1 atom stereocenters. The first kappa shape index (κ1) is 12.6. The second kappa shape index (κ2) is 5.19. The van der Waals surface area contributed by atoms with E-state index in [-0.39, 0.29) is 11.5 Å². The van der Waals surface area contributed by atoms with E-state index >= 15 is 0 Å². The summed E-state index contributed by atoms with van der Waals surface area (Å²) >= 11 is 2.01. The number of phenols is 2. The molecule has 1 heterocycles. The van der Waals surface area contributed by atoms with Crippen LogP contribution in [0.5, 0.6) is 11.5 Å². The van der Waals surface area contributed by atoms with E-state index in [4.69, 9.17) is 0 Å². The average molecular weight is 253 g/mol. The van der Waals surface area contributed by atoms with E-state index < -0.39 is 0 Å². The molecule has 0 saturated carbocycles. The van der Waals surface area contributed by atoms with Gasteiger partial charge in [-0.05, 0) is 31.6 Å². The van der Waals surface area contributed by atoms with Gasteiger partial charge in [-0.1, -0.05) is 12.1 Å². The van der Waals surface area contributed by atoms with Gasteiger partial charge in [0.2, 0.25) is 0 Å². The number of thioether (sulfide) groups is 1. The second-order valence-corrected chi connectivity index (χ2v) is 6.47. The zero-order chi connectivity index (χ0) is 12.3. The number of nitrogens with one attached hydrogen (secondary N) is 1. The van der Waals surface area contributed by atoms with Gasteiger partial charge < -0.3 is 15.5 Å². The quantitative estimate of drug-likeness (QED) is 0.722. The summed E-state index contributed by atoms with van der Waals surface area (Å²) in [6.45, 7) is 3.81. The molecule has 0 aliphatic carbocycles. The fourth-order valence-corrected chi connectivity index (χ4v) is 3.43. The summed E-state index contributed by atoms with van der Waals surface area (Å²) in [5.41, 5.74) is 0.747. The maximum Gasteiger partial charge on any atom is 0.161 e. The summed E-state index contributed by atoms with van der Waals surface area (Å²) in [4.78, 5) is 0. The Hall–Kier alpha value is -0.870. The lowest BCUT2D eigenvalue weighted by molar-refractivity contribution is 0.397. The molecule has 3 nitrogen and oxygen atoms in total. The number of hydrogen-bond acceptors (Lipinski definition) is 4. The highest BCUT2D eigenvalue weighted by Crippen LogP contribution is 2.37. The third-order valence-corrected chi connectivity index (χ3v) is 4.75. The van der Waals surface area contributed by atoms with Crippen LogP contribution in [0.2, 0.25) is 0 Å². The number of rotatable bonds is 4. The highest BCUT2D eigenvalue weighted by molar-refractivity contribution is 8.00. The van der Waals surface area contributed by atoms with E-state index in [2.05, 4.69) is 12.2 Å². The van der Waals surface area contributed by atoms with Crippen LogP contribution in [0.3, 0.4) is 0 Å². The van der Waals surface area contributed by atoms with Gasteiger partial charge in [0, 0.05) is 23.4 Å². The molecule has 3 N–H and O–H groups in total. The first-order chi connectivity index (χ1) is 8.11. The minimum absolute atomic E-state index is 0.00997. The Balaban J connectivity index is 1.88. The molecule has 1 aromatic rings. The van der Waals surface area contributed by atoms with Crippen molar-refractivity contribution in [2.75, 3.05) is 12.3 Å².